The smallest absolute Gasteiger partial charge is 0.264 e. The number of hydrazone groups is 1. The number of carbonyl (C=O) groups is 1. The van der Waals surface area contributed by atoms with E-state index in [0.29, 0.717) is 22.7 Å². The summed E-state index contributed by atoms with van der Waals surface area (Å²) >= 11 is 3.34. The van der Waals surface area contributed by atoms with Crippen molar-refractivity contribution in [1.29, 1.82) is 0 Å². The van der Waals surface area contributed by atoms with E-state index in [-0.39, 0.29) is 11.7 Å². The SMILES string of the molecule is Cc1ccc(S(=O)(=O)N(CC(=O)N/N=C\c2ccc3c(c2)OCO3)c2ccc(Br)cc2)cc1. The van der Waals surface area contributed by atoms with Crippen LogP contribution in [-0.2, 0) is 14.8 Å². The second kappa shape index (κ2) is 9.63. The number of benzene rings is 3. The summed E-state index contributed by atoms with van der Waals surface area (Å²) in [5.74, 6) is 0.643. The number of rotatable bonds is 7. The number of hydrogen-bond acceptors (Lipinski definition) is 6. The zero-order chi connectivity index (χ0) is 23.4. The molecule has 1 N–H and O–H groups in total. The van der Waals surface area contributed by atoms with Gasteiger partial charge >= 0.3 is 0 Å². The molecule has 0 unspecified atom stereocenters. The third kappa shape index (κ3) is 5.35. The molecule has 0 radical (unpaired) electrons. The van der Waals surface area contributed by atoms with E-state index in [9.17, 15) is 13.2 Å². The summed E-state index contributed by atoms with van der Waals surface area (Å²) in [6.07, 6.45) is 1.44. The first kappa shape index (κ1) is 22.8. The predicted molar refractivity (Wildman–Crippen MR) is 128 cm³/mol. The fourth-order valence-electron chi connectivity index (χ4n) is 3.10. The molecule has 0 spiro atoms. The molecule has 1 heterocycles. The third-order valence-electron chi connectivity index (χ3n) is 4.81. The van der Waals surface area contributed by atoms with Gasteiger partial charge in [0, 0.05) is 4.47 Å². The van der Waals surface area contributed by atoms with Crippen LogP contribution in [0.2, 0.25) is 0 Å². The molecule has 4 rings (SSSR count). The van der Waals surface area contributed by atoms with Crippen molar-refractivity contribution in [2.24, 2.45) is 5.10 Å². The first-order valence-corrected chi connectivity index (χ1v) is 12.1. The molecular formula is C23H20BrN3O5S. The van der Waals surface area contributed by atoms with Crippen molar-refractivity contribution >= 4 is 43.8 Å². The highest BCUT2D eigenvalue weighted by Crippen LogP contribution is 2.32. The number of amides is 1. The van der Waals surface area contributed by atoms with E-state index in [1.54, 1.807) is 54.6 Å². The monoisotopic (exact) mass is 529 g/mol. The maximum absolute atomic E-state index is 13.3. The van der Waals surface area contributed by atoms with Crippen LogP contribution in [0.3, 0.4) is 0 Å². The molecule has 0 atom stereocenters. The van der Waals surface area contributed by atoms with Crippen molar-refractivity contribution in [3.05, 3.63) is 82.3 Å². The molecule has 0 saturated heterocycles. The zero-order valence-corrected chi connectivity index (χ0v) is 20.0. The van der Waals surface area contributed by atoms with Gasteiger partial charge in [-0.25, -0.2) is 13.8 Å². The molecular weight excluding hydrogens is 510 g/mol. The molecule has 3 aromatic carbocycles. The number of sulfonamides is 1. The van der Waals surface area contributed by atoms with E-state index in [2.05, 4.69) is 26.5 Å². The quantitative estimate of drug-likeness (QED) is 0.370. The highest BCUT2D eigenvalue weighted by Gasteiger charge is 2.27. The van der Waals surface area contributed by atoms with Gasteiger partial charge in [0.2, 0.25) is 6.79 Å². The molecule has 1 aliphatic rings. The minimum atomic E-state index is -3.99. The fourth-order valence-corrected chi connectivity index (χ4v) is 4.78. The largest absolute Gasteiger partial charge is 0.454 e. The van der Waals surface area contributed by atoms with Crippen LogP contribution in [0.25, 0.3) is 0 Å². The Kier molecular flexibility index (Phi) is 6.66. The number of ether oxygens (including phenoxy) is 2. The first-order chi connectivity index (χ1) is 15.8. The van der Waals surface area contributed by atoms with Crippen molar-refractivity contribution in [3.8, 4) is 11.5 Å². The van der Waals surface area contributed by atoms with Crippen LogP contribution in [0, 0.1) is 6.92 Å². The normalized spacial score (nSPS) is 12.7. The number of fused-ring (bicyclic) bond motifs is 1. The average Bonchev–Trinajstić information content (AvgIpc) is 3.26. The number of nitrogens with one attached hydrogen (secondary N) is 1. The number of anilines is 1. The van der Waals surface area contributed by atoms with E-state index in [4.69, 9.17) is 9.47 Å². The summed E-state index contributed by atoms with van der Waals surface area (Å²) in [7, 11) is -3.99. The lowest BCUT2D eigenvalue weighted by Gasteiger charge is -2.23. The maximum Gasteiger partial charge on any atom is 0.264 e. The van der Waals surface area contributed by atoms with Gasteiger partial charge in [-0.3, -0.25) is 9.10 Å². The van der Waals surface area contributed by atoms with Gasteiger partial charge < -0.3 is 9.47 Å². The molecule has 10 heteroatoms. The van der Waals surface area contributed by atoms with E-state index >= 15 is 0 Å². The van der Waals surface area contributed by atoms with Gasteiger partial charge in [-0.1, -0.05) is 33.6 Å². The van der Waals surface area contributed by atoms with Crippen molar-refractivity contribution < 1.29 is 22.7 Å². The van der Waals surface area contributed by atoms with Gasteiger partial charge in [-0.2, -0.15) is 5.10 Å². The van der Waals surface area contributed by atoms with Crippen LogP contribution >= 0.6 is 15.9 Å². The molecule has 3 aromatic rings. The van der Waals surface area contributed by atoms with Gasteiger partial charge in [0.05, 0.1) is 16.8 Å². The van der Waals surface area contributed by atoms with Crippen LogP contribution in [0.4, 0.5) is 5.69 Å². The lowest BCUT2D eigenvalue weighted by Crippen LogP contribution is -2.39. The third-order valence-corrected chi connectivity index (χ3v) is 7.13. The van der Waals surface area contributed by atoms with E-state index in [0.717, 1.165) is 14.3 Å². The molecule has 33 heavy (non-hydrogen) atoms. The lowest BCUT2D eigenvalue weighted by atomic mass is 10.2. The Labute approximate surface area is 200 Å². The standard InChI is InChI=1S/C23H20BrN3O5S/c1-16-2-9-20(10-3-16)33(29,30)27(19-7-5-18(24)6-8-19)14-23(28)26-25-13-17-4-11-21-22(12-17)32-15-31-21/h2-13H,14-15H2,1H3,(H,26,28)/b25-13-. The second-order valence-electron chi connectivity index (χ2n) is 7.21. The van der Waals surface area contributed by atoms with Gasteiger partial charge in [-0.15, -0.1) is 0 Å². The minimum Gasteiger partial charge on any atom is -0.454 e. The zero-order valence-electron chi connectivity index (χ0n) is 17.6. The Hall–Kier alpha value is -3.37. The summed E-state index contributed by atoms with van der Waals surface area (Å²) < 4.78 is 39.1. The van der Waals surface area contributed by atoms with Crippen LogP contribution < -0.4 is 19.2 Å². The summed E-state index contributed by atoms with van der Waals surface area (Å²) in [6.45, 7) is 1.58. The van der Waals surface area contributed by atoms with Crippen molar-refractivity contribution in [1.82, 2.24) is 5.43 Å². The molecule has 0 fully saturated rings. The van der Waals surface area contributed by atoms with E-state index in [1.807, 2.05) is 6.92 Å². The van der Waals surface area contributed by atoms with Gasteiger partial charge in [0.1, 0.15) is 6.54 Å². The van der Waals surface area contributed by atoms with Crippen LogP contribution in [-0.4, -0.2) is 33.9 Å². The lowest BCUT2D eigenvalue weighted by molar-refractivity contribution is -0.119. The molecule has 0 bridgehead atoms. The average molecular weight is 530 g/mol. The highest BCUT2D eigenvalue weighted by molar-refractivity contribution is 9.10. The molecule has 1 amide bonds. The first-order valence-electron chi connectivity index (χ1n) is 9.89. The van der Waals surface area contributed by atoms with Crippen molar-refractivity contribution in [2.45, 2.75) is 11.8 Å². The molecule has 0 aromatic heterocycles. The minimum absolute atomic E-state index is 0.0904. The Balaban J connectivity index is 1.52. The number of halogens is 1. The molecule has 0 aliphatic carbocycles. The number of aryl methyl sites for hydroxylation is 1. The van der Waals surface area contributed by atoms with Gasteiger partial charge in [-0.05, 0) is 67.1 Å². The maximum atomic E-state index is 13.3. The highest BCUT2D eigenvalue weighted by atomic mass is 79.9. The summed E-state index contributed by atoms with van der Waals surface area (Å²) in [4.78, 5) is 12.7. The Morgan fingerprint density at radius 3 is 2.48 bits per heavy atom. The van der Waals surface area contributed by atoms with Crippen molar-refractivity contribution in [3.63, 3.8) is 0 Å². The van der Waals surface area contributed by atoms with Crippen LogP contribution in [0.15, 0.2) is 81.2 Å². The van der Waals surface area contributed by atoms with Crippen LogP contribution in [0.5, 0.6) is 11.5 Å². The number of hydrogen-bond donors (Lipinski definition) is 1. The molecule has 1 aliphatic heterocycles. The Morgan fingerprint density at radius 2 is 1.76 bits per heavy atom. The summed E-state index contributed by atoms with van der Waals surface area (Å²) in [5, 5.41) is 3.94. The second-order valence-corrected chi connectivity index (χ2v) is 9.99. The summed E-state index contributed by atoms with van der Waals surface area (Å²) in [6, 6.07) is 18.4. The van der Waals surface area contributed by atoms with E-state index < -0.39 is 22.5 Å². The Morgan fingerprint density at radius 1 is 1.06 bits per heavy atom. The Bertz CT molecular complexity index is 1290. The topological polar surface area (TPSA) is 97.3 Å². The van der Waals surface area contributed by atoms with Gasteiger partial charge in [0.25, 0.3) is 15.9 Å². The molecule has 170 valence electrons. The predicted octanol–water partition coefficient (Wildman–Crippen LogP) is 3.83. The number of nitrogens with zero attached hydrogens (tertiary/aromatic N) is 2. The number of carbonyl (C=O) groups excluding carboxylic acids is 1. The summed E-state index contributed by atoms with van der Waals surface area (Å²) in [5.41, 5.74) is 4.36. The van der Waals surface area contributed by atoms with E-state index in [1.165, 1.54) is 18.3 Å². The van der Waals surface area contributed by atoms with Crippen LogP contribution in [0.1, 0.15) is 11.1 Å². The van der Waals surface area contributed by atoms with Crippen molar-refractivity contribution in [2.75, 3.05) is 17.6 Å². The van der Waals surface area contributed by atoms with Gasteiger partial charge in [0.15, 0.2) is 11.5 Å². The molecule has 8 nitrogen and oxygen atoms in total. The molecule has 0 saturated carbocycles. The fraction of sp³-hybridized carbons (Fsp3) is 0.130.